The van der Waals surface area contributed by atoms with E-state index < -0.39 is 0 Å². The highest BCUT2D eigenvalue weighted by Gasteiger charge is 2.23. The molecule has 30 heavy (non-hydrogen) atoms. The third-order valence-corrected chi connectivity index (χ3v) is 5.46. The molecule has 7 heteroatoms. The average molecular weight is 415 g/mol. The summed E-state index contributed by atoms with van der Waals surface area (Å²) in [4.78, 5) is 2.38. The summed E-state index contributed by atoms with van der Waals surface area (Å²) < 4.78 is 33.4. The molecular weight excluding hydrogens is 386 g/mol. The molecule has 0 spiro atoms. The molecule has 0 saturated carbocycles. The summed E-state index contributed by atoms with van der Waals surface area (Å²) in [6, 6.07) is 10.1. The minimum Gasteiger partial charge on any atom is -0.493 e. The van der Waals surface area contributed by atoms with Crippen LogP contribution in [0.1, 0.15) is 24.0 Å². The zero-order chi connectivity index (χ0) is 20.9. The van der Waals surface area contributed by atoms with E-state index in [0.717, 1.165) is 67.5 Å². The monoisotopic (exact) mass is 415 g/mol. The van der Waals surface area contributed by atoms with Crippen LogP contribution >= 0.6 is 0 Å². The van der Waals surface area contributed by atoms with E-state index in [1.807, 2.05) is 24.3 Å². The van der Waals surface area contributed by atoms with Gasteiger partial charge in [-0.05, 0) is 48.2 Å². The van der Waals surface area contributed by atoms with Crippen molar-refractivity contribution in [2.75, 3.05) is 41.3 Å². The van der Waals surface area contributed by atoms with E-state index in [1.54, 1.807) is 21.3 Å². The number of methoxy groups -OCH3 is 3. The molecule has 2 aliphatic rings. The van der Waals surface area contributed by atoms with Gasteiger partial charge in [0.2, 0.25) is 12.5 Å². The standard InChI is InChI=1S/C23H29NO6/c1-25-19-7-6-16(9-20(19)26-2)12-24(14-18-5-4-8-28-18)13-17-10-21(27-3)23-22(11-17)29-15-30-23/h6-7,9-11,18H,4-5,8,12-15H2,1-3H3. The van der Waals surface area contributed by atoms with Gasteiger partial charge < -0.3 is 28.4 Å². The lowest BCUT2D eigenvalue weighted by Crippen LogP contribution is -2.31. The van der Waals surface area contributed by atoms with Crippen molar-refractivity contribution in [2.45, 2.75) is 32.0 Å². The molecule has 1 fully saturated rings. The van der Waals surface area contributed by atoms with Crippen LogP contribution in [0.4, 0.5) is 0 Å². The van der Waals surface area contributed by atoms with Gasteiger partial charge in [0.1, 0.15) is 0 Å². The molecule has 1 saturated heterocycles. The van der Waals surface area contributed by atoms with Gasteiger partial charge in [-0.2, -0.15) is 0 Å². The van der Waals surface area contributed by atoms with E-state index in [4.69, 9.17) is 28.4 Å². The van der Waals surface area contributed by atoms with Crippen LogP contribution in [0.2, 0.25) is 0 Å². The number of fused-ring (bicyclic) bond motifs is 1. The van der Waals surface area contributed by atoms with Crippen LogP contribution in [0.5, 0.6) is 28.7 Å². The van der Waals surface area contributed by atoms with Crippen molar-refractivity contribution < 1.29 is 28.4 Å². The highest BCUT2D eigenvalue weighted by Crippen LogP contribution is 2.42. The molecule has 2 aromatic rings. The van der Waals surface area contributed by atoms with Gasteiger partial charge in [0.05, 0.1) is 27.4 Å². The largest absolute Gasteiger partial charge is 0.493 e. The molecule has 1 atom stereocenters. The number of nitrogens with zero attached hydrogens (tertiary/aromatic N) is 1. The first-order chi connectivity index (χ1) is 14.7. The second-order valence-electron chi connectivity index (χ2n) is 7.53. The van der Waals surface area contributed by atoms with E-state index in [0.29, 0.717) is 11.5 Å². The predicted octanol–water partition coefficient (Wildman–Crippen LogP) is 3.62. The van der Waals surface area contributed by atoms with Gasteiger partial charge in [0, 0.05) is 26.2 Å². The van der Waals surface area contributed by atoms with Crippen LogP contribution in [0.25, 0.3) is 0 Å². The average Bonchev–Trinajstić information content (AvgIpc) is 3.44. The fourth-order valence-corrected chi connectivity index (χ4v) is 4.03. The lowest BCUT2D eigenvalue weighted by atomic mass is 10.1. The SMILES string of the molecule is COc1ccc(CN(Cc2cc(OC)c3c(c2)OCO3)CC2CCCO2)cc1OC. The van der Waals surface area contributed by atoms with Gasteiger partial charge in [-0.15, -0.1) is 0 Å². The summed E-state index contributed by atoms with van der Waals surface area (Å²) in [5, 5.41) is 0. The van der Waals surface area contributed by atoms with Crippen molar-refractivity contribution in [2.24, 2.45) is 0 Å². The molecule has 0 aromatic heterocycles. The van der Waals surface area contributed by atoms with Gasteiger partial charge in [0.25, 0.3) is 0 Å². The van der Waals surface area contributed by atoms with Crippen molar-refractivity contribution in [1.29, 1.82) is 0 Å². The highest BCUT2D eigenvalue weighted by atomic mass is 16.7. The Morgan fingerprint density at radius 3 is 2.40 bits per heavy atom. The van der Waals surface area contributed by atoms with E-state index in [2.05, 4.69) is 11.0 Å². The molecule has 1 unspecified atom stereocenters. The Morgan fingerprint density at radius 2 is 1.67 bits per heavy atom. The molecule has 0 amide bonds. The first-order valence-corrected chi connectivity index (χ1v) is 10.2. The smallest absolute Gasteiger partial charge is 0.231 e. The van der Waals surface area contributed by atoms with Gasteiger partial charge in [-0.3, -0.25) is 4.90 Å². The minimum atomic E-state index is 0.223. The fourth-order valence-electron chi connectivity index (χ4n) is 4.03. The first-order valence-electron chi connectivity index (χ1n) is 10.2. The second-order valence-corrected chi connectivity index (χ2v) is 7.53. The zero-order valence-corrected chi connectivity index (χ0v) is 17.8. The van der Waals surface area contributed by atoms with Gasteiger partial charge in [-0.1, -0.05) is 6.07 Å². The van der Waals surface area contributed by atoms with Crippen molar-refractivity contribution in [1.82, 2.24) is 4.90 Å². The van der Waals surface area contributed by atoms with Crippen molar-refractivity contribution >= 4 is 0 Å². The summed E-state index contributed by atoms with van der Waals surface area (Å²) in [6.07, 6.45) is 2.46. The minimum absolute atomic E-state index is 0.223. The molecular formula is C23H29NO6. The Balaban J connectivity index is 1.56. The van der Waals surface area contributed by atoms with Gasteiger partial charge in [-0.25, -0.2) is 0 Å². The Morgan fingerprint density at radius 1 is 0.900 bits per heavy atom. The molecule has 0 radical (unpaired) electrons. The van der Waals surface area contributed by atoms with Gasteiger partial charge in [0.15, 0.2) is 23.0 Å². The quantitative estimate of drug-likeness (QED) is 0.620. The van der Waals surface area contributed by atoms with Crippen LogP contribution in [-0.4, -0.2) is 52.3 Å². The van der Waals surface area contributed by atoms with Crippen molar-refractivity contribution in [3.63, 3.8) is 0 Å². The summed E-state index contributed by atoms with van der Waals surface area (Å²) in [7, 11) is 4.95. The maximum Gasteiger partial charge on any atom is 0.231 e. The van der Waals surface area contributed by atoms with Crippen LogP contribution in [0.15, 0.2) is 30.3 Å². The van der Waals surface area contributed by atoms with Crippen molar-refractivity contribution in [3.8, 4) is 28.7 Å². The van der Waals surface area contributed by atoms with E-state index in [1.165, 1.54) is 0 Å². The van der Waals surface area contributed by atoms with E-state index in [-0.39, 0.29) is 12.9 Å². The Hall–Kier alpha value is -2.64. The molecule has 2 heterocycles. The maximum absolute atomic E-state index is 5.90. The number of hydrogen-bond acceptors (Lipinski definition) is 7. The highest BCUT2D eigenvalue weighted by molar-refractivity contribution is 5.55. The molecule has 2 aromatic carbocycles. The normalized spacial score (nSPS) is 17.4. The first kappa shape index (κ1) is 20.6. The van der Waals surface area contributed by atoms with Crippen LogP contribution in [0.3, 0.4) is 0 Å². The van der Waals surface area contributed by atoms with Gasteiger partial charge >= 0.3 is 0 Å². The number of rotatable bonds is 9. The molecule has 7 nitrogen and oxygen atoms in total. The lowest BCUT2D eigenvalue weighted by Gasteiger charge is -2.26. The third-order valence-electron chi connectivity index (χ3n) is 5.46. The molecule has 0 bridgehead atoms. The second kappa shape index (κ2) is 9.45. The van der Waals surface area contributed by atoms with Crippen molar-refractivity contribution in [3.05, 3.63) is 41.5 Å². The Kier molecular flexibility index (Phi) is 6.50. The maximum atomic E-state index is 5.90. The van der Waals surface area contributed by atoms with E-state index in [9.17, 15) is 0 Å². The number of benzene rings is 2. The predicted molar refractivity (Wildman–Crippen MR) is 112 cm³/mol. The number of hydrogen-bond donors (Lipinski definition) is 0. The van der Waals surface area contributed by atoms with Crippen LogP contribution < -0.4 is 23.7 Å². The number of ether oxygens (including phenoxy) is 6. The van der Waals surface area contributed by atoms with Crippen LogP contribution in [-0.2, 0) is 17.8 Å². The van der Waals surface area contributed by atoms with E-state index >= 15 is 0 Å². The summed E-state index contributed by atoms with van der Waals surface area (Å²) in [5.74, 6) is 3.56. The fraction of sp³-hybridized carbons (Fsp3) is 0.478. The Labute approximate surface area is 177 Å². The molecule has 0 N–H and O–H groups in total. The molecule has 2 aliphatic heterocycles. The molecule has 4 rings (SSSR count). The lowest BCUT2D eigenvalue weighted by molar-refractivity contribution is 0.0678. The topological polar surface area (TPSA) is 58.6 Å². The molecule has 0 aliphatic carbocycles. The zero-order valence-electron chi connectivity index (χ0n) is 17.8. The van der Waals surface area contributed by atoms with Crippen LogP contribution in [0, 0.1) is 0 Å². The summed E-state index contributed by atoms with van der Waals surface area (Å²) >= 11 is 0. The Bertz CT molecular complexity index is 865. The third kappa shape index (κ3) is 4.57. The summed E-state index contributed by atoms with van der Waals surface area (Å²) in [5.41, 5.74) is 2.26. The molecule has 162 valence electrons. The summed E-state index contributed by atoms with van der Waals surface area (Å²) in [6.45, 7) is 3.41.